The lowest BCUT2D eigenvalue weighted by molar-refractivity contribution is -0.117. The van der Waals surface area contributed by atoms with Crippen molar-refractivity contribution in [2.75, 3.05) is 36.5 Å². The van der Waals surface area contributed by atoms with Crippen LogP contribution in [-0.2, 0) is 4.79 Å². The number of rotatable bonds is 1. The van der Waals surface area contributed by atoms with Crippen LogP contribution in [0.4, 0.5) is 11.4 Å². The third-order valence-electron chi connectivity index (χ3n) is 2.93. The van der Waals surface area contributed by atoms with Crippen molar-refractivity contribution in [1.29, 1.82) is 0 Å². The highest BCUT2D eigenvalue weighted by Crippen LogP contribution is 2.30. The summed E-state index contributed by atoms with van der Waals surface area (Å²) in [7, 11) is 2.05. The average molecular weight is 292 g/mol. The van der Waals surface area contributed by atoms with Crippen LogP contribution in [0.5, 0.6) is 0 Å². The van der Waals surface area contributed by atoms with Crippen molar-refractivity contribution < 1.29 is 4.79 Å². The number of amides is 1. The first-order valence-electron chi connectivity index (χ1n) is 5.54. The minimum atomic E-state index is -0.0113. The van der Waals surface area contributed by atoms with Crippen LogP contribution in [0.25, 0.3) is 0 Å². The van der Waals surface area contributed by atoms with Crippen LogP contribution in [0.3, 0.4) is 0 Å². The number of hydrogen-bond acceptors (Lipinski definition) is 3. The number of carbonyl (C=O) groups excluding carboxylic acids is 1. The van der Waals surface area contributed by atoms with Crippen LogP contribution in [0.15, 0.2) is 24.3 Å². The molecule has 0 aromatic heterocycles. The molecule has 0 atom stereocenters. The van der Waals surface area contributed by atoms with Gasteiger partial charge in [0.05, 0.1) is 17.9 Å². The second-order valence-electron chi connectivity index (χ2n) is 4.01. The molecular formula is C12H19Cl2N3O. The molecular weight excluding hydrogens is 273 g/mol. The Bertz CT molecular complexity index is 401. The minimum Gasteiger partial charge on any atom is -0.373 e. The van der Waals surface area contributed by atoms with E-state index in [0.717, 1.165) is 30.9 Å². The van der Waals surface area contributed by atoms with Gasteiger partial charge in [0.25, 0.3) is 0 Å². The average Bonchev–Trinajstić information content (AvgIpc) is 2.49. The highest BCUT2D eigenvalue weighted by atomic mass is 35.5. The first-order valence-corrected chi connectivity index (χ1v) is 5.54. The highest BCUT2D eigenvalue weighted by molar-refractivity contribution is 5.98. The third kappa shape index (κ3) is 3.28. The van der Waals surface area contributed by atoms with Crippen LogP contribution >= 0.6 is 24.8 Å². The van der Waals surface area contributed by atoms with Gasteiger partial charge in [-0.2, -0.15) is 0 Å². The van der Waals surface area contributed by atoms with E-state index >= 15 is 0 Å². The second kappa shape index (κ2) is 7.46. The van der Waals surface area contributed by atoms with E-state index in [-0.39, 0.29) is 37.3 Å². The summed E-state index contributed by atoms with van der Waals surface area (Å²) in [6.45, 7) is 1.78. The van der Waals surface area contributed by atoms with Crippen molar-refractivity contribution in [3.8, 4) is 0 Å². The molecule has 0 fully saturated rings. The van der Waals surface area contributed by atoms with Crippen molar-refractivity contribution >= 4 is 42.1 Å². The first kappa shape index (κ1) is 17.0. The van der Waals surface area contributed by atoms with Crippen LogP contribution in [-0.4, -0.2) is 32.6 Å². The molecule has 4 nitrogen and oxygen atoms in total. The summed E-state index contributed by atoms with van der Waals surface area (Å²) in [4.78, 5) is 15.7. The summed E-state index contributed by atoms with van der Waals surface area (Å²) in [5, 5.41) is 0. The Morgan fingerprint density at radius 3 is 2.44 bits per heavy atom. The monoisotopic (exact) mass is 291 g/mol. The molecule has 0 radical (unpaired) electrons. The predicted molar refractivity (Wildman–Crippen MR) is 80.2 cm³/mol. The maximum atomic E-state index is 11.8. The van der Waals surface area contributed by atoms with Gasteiger partial charge in [-0.15, -0.1) is 24.8 Å². The number of para-hydroxylation sites is 2. The fourth-order valence-electron chi connectivity index (χ4n) is 2.09. The number of hydrogen-bond donors (Lipinski definition) is 1. The van der Waals surface area contributed by atoms with Gasteiger partial charge in [0.2, 0.25) is 5.91 Å². The number of nitrogens with two attached hydrogens (primary N) is 1. The summed E-state index contributed by atoms with van der Waals surface area (Å²) < 4.78 is 0. The zero-order valence-electron chi connectivity index (χ0n) is 10.3. The number of nitrogens with zero attached hydrogens (tertiary/aromatic N) is 2. The summed E-state index contributed by atoms with van der Waals surface area (Å²) in [5.41, 5.74) is 7.51. The molecule has 1 aliphatic heterocycles. The van der Waals surface area contributed by atoms with Gasteiger partial charge in [-0.3, -0.25) is 4.79 Å². The lowest BCUT2D eigenvalue weighted by Crippen LogP contribution is -2.36. The molecule has 2 rings (SSSR count). The lowest BCUT2D eigenvalue weighted by Gasteiger charge is -2.23. The SMILES string of the molecule is CN1CCCN(C(=O)CN)c2ccccc21.Cl.Cl. The van der Waals surface area contributed by atoms with Gasteiger partial charge in [-0.05, 0) is 18.6 Å². The van der Waals surface area contributed by atoms with Gasteiger partial charge >= 0.3 is 0 Å². The normalized spacial score (nSPS) is 13.9. The molecule has 1 heterocycles. The fraction of sp³-hybridized carbons (Fsp3) is 0.417. The summed E-state index contributed by atoms with van der Waals surface area (Å²) in [5.74, 6) is -0.0113. The van der Waals surface area contributed by atoms with Gasteiger partial charge in [-0.1, -0.05) is 12.1 Å². The molecule has 0 saturated heterocycles. The largest absolute Gasteiger partial charge is 0.373 e. The van der Waals surface area contributed by atoms with Crippen molar-refractivity contribution in [2.24, 2.45) is 5.73 Å². The predicted octanol–water partition coefficient (Wildman–Crippen LogP) is 1.66. The van der Waals surface area contributed by atoms with Gasteiger partial charge in [0, 0.05) is 20.1 Å². The van der Waals surface area contributed by atoms with E-state index < -0.39 is 0 Å². The Morgan fingerprint density at radius 1 is 1.22 bits per heavy atom. The Kier molecular flexibility index (Phi) is 7.06. The van der Waals surface area contributed by atoms with E-state index in [0.29, 0.717) is 0 Å². The number of benzene rings is 1. The number of fused-ring (bicyclic) bond motifs is 1. The second-order valence-corrected chi connectivity index (χ2v) is 4.01. The van der Waals surface area contributed by atoms with Crippen LogP contribution in [0.1, 0.15) is 6.42 Å². The molecule has 1 aliphatic rings. The van der Waals surface area contributed by atoms with Crippen molar-refractivity contribution in [3.05, 3.63) is 24.3 Å². The molecule has 102 valence electrons. The molecule has 1 aromatic rings. The summed E-state index contributed by atoms with van der Waals surface area (Å²) in [6, 6.07) is 7.96. The number of carbonyl (C=O) groups is 1. The van der Waals surface area contributed by atoms with Crippen molar-refractivity contribution in [3.63, 3.8) is 0 Å². The Balaban J connectivity index is 0.00000144. The summed E-state index contributed by atoms with van der Waals surface area (Å²) in [6.07, 6.45) is 0.969. The van der Waals surface area contributed by atoms with Crippen molar-refractivity contribution in [1.82, 2.24) is 0 Å². The van der Waals surface area contributed by atoms with Crippen LogP contribution < -0.4 is 15.5 Å². The lowest BCUT2D eigenvalue weighted by atomic mass is 10.2. The van der Waals surface area contributed by atoms with Gasteiger partial charge in [0.15, 0.2) is 0 Å². The Labute approximate surface area is 120 Å². The zero-order valence-corrected chi connectivity index (χ0v) is 12.0. The van der Waals surface area contributed by atoms with Gasteiger partial charge in [0.1, 0.15) is 0 Å². The Hall–Kier alpha value is -0.970. The van der Waals surface area contributed by atoms with E-state index in [4.69, 9.17) is 5.73 Å². The maximum Gasteiger partial charge on any atom is 0.240 e. The Morgan fingerprint density at radius 2 is 1.83 bits per heavy atom. The number of anilines is 2. The van der Waals surface area contributed by atoms with E-state index in [1.807, 2.05) is 24.3 Å². The van der Waals surface area contributed by atoms with E-state index in [2.05, 4.69) is 11.9 Å². The van der Waals surface area contributed by atoms with Gasteiger partial charge in [-0.25, -0.2) is 0 Å². The molecule has 18 heavy (non-hydrogen) atoms. The fourth-order valence-corrected chi connectivity index (χ4v) is 2.09. The zero-order chi connectivity index (χ0) is 11.5. The maximum absolute atomic E-state index is 11.8. The topological polar surface area (TPSA) is 49.6 Å². The van der Waals surface area contributed by atoms with Crippen LogP contribution in [0, 0.1) is 0 Å². The third-order valence-corrected chi connectivity index (χ3v) is 2.93. The molecule has 1 aromatic carbocycles. The molecule has 0 bridgehead atoms. The summed E-state index contributed by atoms with van der Waals surface area (Å²) >= 11 is 0. The van der Waals surface area contributed by atoms with E-state index in [1.54, 1.807) is 4.90 Å². The molecule has 0 saturated carbocycles. The standard InChI is InChI=1S/C12H17N3O.2ClH/c1-14-7-4-8-15(12(16)9-13)11-6-3-2-5-10(11)14;;/h2-3,5-6H,4,7-9,13H2,1H3;2*1H. The molecule has 1 amide bonds. The number of halogens is 2. The molecule has 2 N–H and O–H groups in total. The van der Waals surface area contributed by atoms with E-state index in [9.17, 15) is 4.79 Å². The highest BCUT2D eigenvalue weighted by Gasteiger charge is 2.21. The smallest absolute Gasteiger partial charge is 0.240 e. The first-order chi connectivity index (χ1) is 7.74. The minimum absolute atomic E-state index is 0. The molecule has 0 unspecified atom stereocenters. The molecule has 0 aliphatic carbocycles. The van der Waals surface area contributed by atoms with Gasteiger partial charge < -0.3 is 15.5 Å². The van der Waals surface area contributed by atoms with Crippen molar-refractivity contribution in [2.45, 2.75) is 6.42 Å². The molecule has 6 heteroatoms. The quantitative estimate of drug-likeness (QED) is 0.856. The molecule has 0 spiro atoms. The van der Waals surface area contributed by atoms with Crippen LogP contribution in [0.2, 0.25) is 0 Å². The van der Waals surface area contributed by atoms with E-state index in [1.165, 1.54) is 0 Å².